The third kappa shape index (κ3) is 2.31. The van der Waals surface area contributed by atoms with Gasteiger partial charge < -0.3 is 20.1 Å². The Bertz CT molecular complexity index is 501. The van der Waals surface area contributed by atoms with Gasteiger partial charge in [0.15, 0.2) is 0 Å². The first-order chi connectivity index (χ1) is 9.62. The highest BCUT2D eigenvalue weighted by atomic mass is 19.1. The van der Waals surface area contributed by atoms with Crippen LogP contribution in [-0.4, -0.2) is 54.0 Å². The summed E-state index contributed by atoms with van der Waals surface area (Å²) in [7, 11) is 1.38. The molecule has 2 aliphatic rings. The fraction of sp³-hybridized carbons (Fsp3) is 0.692. The van der Waals surface area contributed by atoms with Crippen LogP contribution in [0, 0.1) is 11.7 Å². The molecule has 0 unspecified atom stereocenters. The largest absolute Gasteiger partial charge is 0.479 e. The summed E-state index contributed by atoms with van der Waals surface area (Å²) in [6.45, 7) is 2.97. The number of hydrogen-bond acceptors (Lipinski definition) is 6. The Kier molecular flexibility index (Phi) is 3.47. The topological polar surface area (TPSA) is 70.5 Å². The maximum Gasteiger partial charge on any atom is 0.255 e. The molecule has 0 saturated carbocycles. The van der Waals surface area contributed by atoms with Crippen LogP contribution in [-0.2, 0) is 0 Å². The molecule has 0 bridgehead atoms. The number of aromatic nitrogens is 2. The normalized spacial score (nSPS) is 29.9. The highest BCUT2D eigenvalue weighted by Crippen LogP contribution is 2.34. The van der Waals surface area contributed by atoms with E-state index < -0.39 is 11.4 Å². The Morgan fingerprint density at radius 3 is 3.20 bits per heavy atom. The number of fused-ring (bicyclic) bond motifs is 1. The molecule has 0 aromatic carbocycles. The minimum atomic E-state index is -0.591. The standard InChI is InChI=1S/C13H19FN4O2/c1-20-11-10(14)7-16-12(17-11)18-5-3-13(19)2-4-15-6-9(13)8-18/h7,9,15,19H,2-6,8H2,1H3/t9-,13-/m0/s1. The number of aliphatic hydroxyl groups is 1. The van der Waals surface area contributed by atoms with Crippen molar-refractivity contribution in [3.8, 4) is 5.88 Å². The number of ether oxygens (including phenoxy) is 1. The van der Waals surface area contributed by atoms with Gasteiger partial charge in [0.2, 0.25) is 11.8 Å². The summed E-state index contributed by atoms with van der Waals surface area (Å²) in [5.74, 6) is -0.0118. The fourth-order valence-corrected chi connectivity index (χ4v) is 3.04. The second-order valence-electron chi connectivity index (χ2n) is 5.48. The highest BCUT2D eigenvalue weighted by Gasteiger charge is 2.43. The van der Waals surface area contributed by atoms with Gasteiger partial charge in [-0.05, 0) is 19.4 Å². The molecule has 0 amide bonds. The number of nitrogens with zero attached hydrogens (tertiary/aromatic N) is 3. The average Bonchev–Trinajstić information content (AvgIpc) is 2.47. The first-order valence-electron chi connectivity index (χ1n) is 6.87. The summed E-state index contributed by atoms with van der Waals surface area (Å²) in [4.78, 5) is 10.1. The van der Waals surface area contributed by atoms with Gasteiger partial charge in [0.1, 0.15) is 0 Å². The number of rotatable bonds is 2. The Morgan fingerprint density at radius 2 is 2.40 bits per heavy atom. The van der Waals surface area contributed by atoms with E-state index in [0.29, 0.717) is 25.5 Å². The fourth-order valence-electron chi connectivity index (χ4n) is 3.04. The van der Waals surface area contributed by atoms with Crippen LogP contribution in [0.15, 0.2) is 6.20 Å². The maximum absolute atomic E-state index is 13.3. The van der Waals surface area contributed by atoms with E-state index in [9.17, 15) is 9.50 Å². The van der Waals surface area contributed by atoms with Gasteiger partial charge >= 0.3 is 0 Å². The van der Waals surface area contributed by atoms with E-state index in [-0.39, 0.29) is 11.8 Å². The molecule has 2 N–H and O–H groups in total. The molecule has 2 aliphatic heterocycles. The monoisotopic (exact) mass is 282 g/mol. The highest BCUT2D eigenvalue weighted by molar-refractivity contribution is 5.34. The number of nitrogens with one attached hydrogen (secondary N) is 1. The molecule has 3 rings (SSSR count). The van der Waals surface area contributed by atoms with E-state index in [1.54, 1.807) is 0 Å². The molecule has 2 atom stereocenters. The molecule has 2 saturated heterocycles. The summed E-state index contributed by atoms with van der Waals surface area (Å²) in [6, 6.07) is 0. The summed E-state index contributed by atoms with van der Waals surface area (Å²) in [5, 5.41) is 13.9. The lowest BCUT2D eigenvalue weighted by Crippen LogP contribution is -2.59. The molecule has 0 radical (unpaired) electrons. The van der Waals surface area contributed by atoms with Crippen LogP contribution >= 0.6 is 0 Å². The van der Waals surface area contributed by atoms with Crippen LogP contribution < -0.4 is 15.0 Å². The summed E-state index contributed by atoms with van der Waals surface area (Å²) >= 11 is 0. The zero-order chi connectivity index (χ0) is 14.2. The SMILES string of the molecule is COc1nc(N2CC[C@@]3(O)CCNC[C@H]3C2)ncc1F. The van der Waals surface area contributed by atoms with E-state index in [1.807, 2.05) is 4.90 Å². The van der Waals surface area contributed by atoms with Crippen molar-refractivity contribution in [1.29, 1.82) is 0 Å². The summed E-state index contributed by atoms with van der Waals surface area (Å²) in [5.41, 5.74) is -0.591. The van der Waals surface area contributed by atoms with Crippen molar-refractivity contribution in [2.75, 3.05) is 38.2 Å². The average molecular weight is 282 g/mol. The Balaban J connectivity index is 1.79. The maximum atomic E-state index is 13.3. The first-order valence-corrected chi connectivity index (χ1v) is 6.87. The molecule has 3 heterocycles. The molecule has 0 aliphatic carbocycles. The number of anilines is 1. The van der Waals surface area contributed by atoms with Gasteiger partial charge in [-0.15, -0.1) is 0 Å². The van der Waals surface area contributed by atoms with Crippen LogP contribution in [0.4, 0.5) is 10.3 Å². The Labute approximate surface area is 117 Å². The minimum absolute atomic E-state index is 0.0439. The third-order valence-electron chi connectivity index (χ3n) is 4.32. The predicted octanol–water partition coefficient (Wildman–Crippen LogP) is 0.175. The van der Waals surface area contributed by atoms with Crippen molar-refractivity contribution in [1.82, 2.24) is 15.3 Å². The summed E-state index contributed by atoms with van der Waals surface area (Å²) in [6.07, 6.45) is 2.59. The van der Waals surface area contributed by atoms with Gasteiger partial charge in [0, 0.05) is 25.6 Å². The van der Waals surface area contributed by atoms with Crippen LogP contribution in [0.2, 0.25) is 0 Å². The quantitative estimate of drug-likeness (QED) is 0.806. The van der Waals surface area contributed by atoms with Crippen LogP contribution in [0.5, 0.6) is 5.88 Å². The lowest BCUT2D eigenvalue weighted by atomic mass is 9.76. The number of piperidine rings is 2. The van der Waals surface area contributed by atoms with Crippen LogP contribution in [0.1, 0.15) is 12.8 Å². The third-order valence-corrected chi connectivity index (χ3v) is 4.32. The smallest absolute Gasteiger partial charge is 0.255 e. The van der Waals surface area contributed by atoms with Crippen LogP contribution in [0.3, 0.4) is 0 Å². The van der Waals surface area contributed by atoms with Gasteiger partial charge in [-0.25, -0.2) is 4.98 Å². The lowest BCUT2D eigenvalue weighted by Gasteiger charge is -2.47. The number of methoxy groups -OCH3 is 1. The second kappa shape index (κ2) is 5.14. The van der Waals surface area contributed by atoms with Gasteiger partial charge in [-0.3, -0.25) is 0 Å². The van der Waals surface area contributed by atoms with Crippen molar-refractivity contribution in [2.45, 2.75) is 18.4 Å². The molecule has 7 heteroatoms. The first kappa shape index (κ1) is 13.5. The van der Waals surface area contributed by atoms with Gasteiger partial charge in [-0.2, -0.15) is 9.37 Å². The van der Waals surface area contributed by atoms with Crippen molar-refractivity contribution in [2.24, 2.45) is 5.92 Å². The Morgan fingerprint density at radius 1 is 1.55 bits per heavy atom. The van der Waals surface area contributed by atoms with Crippen molar-refractivity contribution in [3.63, 3.8) is 0 Å². The predicted molar refractivity (Wildman–Crippen MR) is 71.3 cm³/mol. The van der Waals surface area contributed by atoms with Gasteiger partial charge in [0.25, 0.3) is 5.88 Å². The molecule has 6 nitrogen and oxygen atoms in total. The van der Waals surface area contributed by atoms with E-state index >= 15 is 0 Å². The van der Waals surface area contributed by atoms with Crippen molar-refractivity contribution in [3.05, 3.63) is 12.0 Å². The molecule has 1 aromatic rings. The van der Waals surface area contributed by atoms with E-state index in [4.69, 9.17) is 4.74 Å². The molecular formula is C13H19FN4O2. The zero-order valence-electron chi connectivity index (χ0n) is 11.5. The molecular weight excluding hydrogens is 263 g/mol. The molecule has 110 valence electrons. The van der Waals surface area contributed by atoms with E-state index in [1.165, 1.54) is 7.11 Å². The van der Waals surface area contributed by atoms with Crippen molar-refractivity contribution >= 4 is 5.95 Å². The van der Waals surface area contributed by atoms with E-state index in [0.717, 1.165) is 25.7 Å². The molecule has 20 heavy (non-hydrogen) atoms. The van der Waals surface area contributed by atoms with Crippen molar-refractivity contribution < 1.29 is 14.2 Å². The number of halogens is 1. The molecule has 1 aromatic heterocycles. The lowest BCUT2D eigenvalue weighted by molar-refractivity contribution is -0.0540. The zero-order valence-corrected chi connectivity index (χ0v) is 11.5. The minimum Gasteiger partial charge on any atom is -0.479 e. The molecule has 2 fully saturated rings. The number of hydrogen-bond donors (Lipinski definition) is 2. The summed E-state index contributed by atoms with van der Waals surface area (Å²) < 4.78 is 18.2. The van der Waals surface area contributed by atoms with Gasteiger partial charge in [0.05, 0.1) is 18.9 Å². The second-order valence-corrected chi connectivity index (χ2v) is 5.48. The van der Waals surface area contributed by atoms with Gasteiger partial charge in [-0.1, -0.05) is 0 Å². The molecule has 0 spiro atoms. The van der Waals surface area contributed by atoms with E-state index in [2.05, 4.69) is 15.3 Å². The Hall–Kier alpha value is -1.47. The van der Waals surface area contributed by atoms with Crippen LogP contribution in [0.25, 0.3) is 0 Å².